The Bertz CT molecular complexity index is 666. The van der Waals surface area contributed by atoms with Crippen molar-refractivity contribution in [1.29, 1.82) is 0 Å². The van der Waals surface area contributed by atoms with Crippen molar-refractivity contribution in [3.05, 3.63) is 24.3 Å². The molecule has 0 bridgehead atoms. The first-order valence-electron chi connectivity index (χ1n) is 10.7. The molecule has 1 fully saturated rings. The number of alkyl halides is 3. The Morgan fingerprint density at radius 1 is 1.20 bits per heavy atom. The lowest BCUT2D eigenvalue weighted by molar-refractivity contribution is -0.136. The van der Waals surface area contributed by atoms with E-state index in [2.05, 4.69) is 31.0 Å². The molecule has 0 saturated carbocycles. The van der Waals surface area contributed by atoms with Gasteiger partial charge in [0.25, 0.3) is 0 Å². The number of halogens is 3. The summed E-state index contributed by atoms with van der Waals surface area (Å²) in [6.07, 6.45) is -2.77. The first-order chi connectivity index (χ1) is 14.1. The molecule has 1 heterocycles. The smallest absolute Gasteiger partial charge is 0.389 e. The fourth-order valence-corrected chi connectivity index (χ4v) is 3.03. The maximum Gasteiger partial charge on any atom is 0.389 e. The van der Waals surface area contributed by atoms with E-state index in [0.717, 1.165) is 50.0 Å². The van der Waals surface area contributed by atoms with E-state index in [1.165, 1.54) is 0 Å². The maximum absolute atomic E-state index is 12.2. The third-order valence-electron chi connectivity index (χ3n) is 5.31. The van der Waals surface area contributed by atoms with Crippen LogP contribution in [0.4, 0.5) is 18.9 Å². The summed E-state index contributed by atoms with van der Waals surface area (Å²) in [4.78, 5) is 7.07. The quantitative estimate of drug-likeness (QED) is 0.358. The summed E-state index contributed by atoms with van der Waals surface area (Å²) < 4.78 is 42.0. The zero-order valence-corrected chi connectivity index (χ0v) is 18.3. The van der Waals surface area contributed by atoms with Crippen molar-refractivity contribution in [2.24, 2.45) is 22.1 Å². The van der Waals surface area contributed by atoms with Gasteiger partial charge in [0.1, 0.15) is 5.75 Å². The third-order valence-corrected chi connectivity index (χ3v) is 5.31. The number of nitrogens with zero attached hydrogens (tertiary/aromatic N) is 2. The van der Waals surface area contributed by atoms with Gasteiger partial charge in [-0.25, -0.2) is 4.99 Å². The predicted octanol–water partition coefficient (Wildman–Crippen LogP) is 4.70. The minimum Gasteiger partial charge on any atom is -0.494 e. The van der Waals surface area contributed by atoms with E-state index in [9.17, 15) is 13.2 Å². The second-order valence-electron chi connectivity index (χ2n) is 8.89. The highest BCUT2D eigenvalue weighted by Gasteiger charge is 2.26. The summed E-state index contributed by atoms with van der Waals surface area (Å²) in [5, 5.41) is 3.47. The zero-order valence-electron chi connectivity index (χ0n) is 18.3. The van der Waals surface area contributed by atoms with E-state index >= 15 is 0 Å². The van der Waals surface area contributed by atoms with Crippen LogP contribution in [0.15, 0.2) is 29.3 Å². The molecule has 1 aliphatic rings. The molecule has 0 amide bonds. The van der Waals surface area contributed by atoms with Gasteiger partial charge in [-0.15, -0.1) is 0 Å². The number of nitrogens with one attached hydrogen (secondary N) is 1. The van der Waals surface area contributed by atoms with E-state index in [0.29, 0.717) is 12.3 Å². The van der Waals surface area contributed by atoms with Gasteiger partial charge in [0.2, 0.25) is 0 Å². The van der Waals surface area contributed by atoms with Gasteiger partial charge in [-0.1, -0.05) is 20.8 Å². The number of hydrogen-bond acceptors (Lipinski definition) is 3. The van der Waals surface area contributed by atoms with Gasteiger partial charge in [-0.05, 0) is 61.4 Å². The van der Waals surface area contributed by atoms with Crippen LogP contribution in [0.25, 0.3) is 0 Å². The monoisotopic (exact) mass is 428 g/mol. The van der Waals surface area contributed by atoms with Crippen LogP contribution in [-0.4, -0.2) is 49.8 Å². The second-order valence-corrected chi connectivity index (χ2v) is 8.89. The lowest BCUT2D eigenvalue weighted by Crippen LogP contribution is -2.48. The number of guanidine groups is 1. The van der Waals surface area contributed by atoms with E-state index in [-0.39, 0.29) is 18.4 Å². The van der Waals surface area contributed by atoms with Crippen molar-refractivity contribution in [1.82, 2.24) is 10.2 Å². The van der Waals surface area contributed by atoms with Crippen molar-refractivity contribution in [2.45, 2.75) is 52.6 Å². The highest BCUT2D eigenvalue weighted by Crippen LogP contribution is 2.23. The SMILES string of the molecule is CC1CCN(/C(=N\c2ccc(OCCCC(F)(F)F)cc2)NCC(C)(C)CN)CC1. The number of nitrogens with two attached hydrogens (primary N) is 1. The van der Waals surface area contributed by atoms with Crippen LogP contribution in [0.2, 0.25) is 0 Å². The van der Waals surface area contributed by atoms with Gasteiger partial charge in [-0.3, -0.25) is 0 Å². The molecule has 0 spiro atoms. The molecule has 1 aliphatic heterocycles. The van der Waals surface area contributed by atoms with Crippen LogP contribution in [0.5, 0.6) is 5.75 Å². The van der Waals surface area contributed by atoms with E-state index in [4.69, 9.17) is 15.5 Å². The summed E-state index contributed by atoms with van der Waals surface area (Å²) >= 11 is 0. The normalized spacial score (nSPS) is 16.6. The first-order valence-corrected chi connectivity index (χ1v) is 10.7. The number of aliphatic imine (C=N–C) groups is 1. The Morgan fingerprint density at radius 3 is 2.40 bits per heavy atom. The molecular weight excluding hydrogens is 393 g/mol. The molecule has 1 saturated heterocycles. The molecule has 1 aromatic rings. The Hall–Kier alpha value is -1.96. The van der Waals surface area contributed by atoms with E-state index in [1.807, 2.05) is 12.1 Å². The molecule has 0 aliphatic carbocycles. The molecular formula is C22H35F3N4O. The molecule has 5 nitrogen and oxygen atoms in total. The molecule has 30 heavy (non-hydrogen) atoms. The molecule has 2 rings (SSSR count). The lowest BCUT2D eigenvalue weighted by Gasteiger charge is -2.34. The van der Waals surface area contributed by atoms with Crippen molar-refractivity contribution >= 4 is 11.6 Å². The molecule has 8 heteroatoms. The maximum atomic E-state index is 12.2. The molecule has 3 N–H and O–H groups in total. The van der Waals surface area contributed by atoms with Crippen LogP contribution in [0, 0.1) is 11.3 Å². The van der Waals surface area contributed by atoms with Gasteiger partial charge >= 0.3 is 6.18 Å². The van der Waals surface area contributed by atoms with Crippen molar-refractivity contribution in [3.8, 4) is 5.75 Å². The average Bonchev–Trinajstić information content (AvgIpc) is 2.69. The highest BCUT2D eigenvalue weighted by molar-refractivity contribution is 5.83. The lowest BCUT2D eigenvalue weighted by atomic mass is 9.94. The summed E-state index contributed by atoms with van der Waals surface area (Å²) in [5.74, 6) is 2.10. The largest absolute Gasteiger partial charge is 0.494 e. The topological polar surface area (TPSA) is 62.9 Å². The van der Waals surface area contributed by atoms with E-state index in [1.54, 1.807) is 12.1 Å². The van der Waals surface area contributed by atoms with Crippen molar-refractivity contribution in [3.63, 3.8) is 0 Å². The van der Waals surface area contributed by atoms with Gasteiger partial charge in [0.05, 0.1) is 12.3 Å². The van der Waals surface area contributed by atoms with Crippen LogP contribution in [-0.2, 0) is 0 Å². The van der Waals surface area contributed by atoms with Gasteiger partial charge < -0.3 is 20.7 Å². The summed E-state index contributed by atoms with van der Waals surface area (Å²) in [6, 6.07) is 7.13. The summed E-state index contributed by atoms with van der Waals surface area (Å²) in [5.41, 5.74) is 6.59. The molecule has 1 aromatic carbocycles. The Kier molecular flexibility index (Phi) is 8.82. The van der Waals surface area contributed by atoms with Gasteiger partial charge in [0, 0.05) is 26.1 Å². The molecule has 170 valence electrons. The van der Waals surface area contributed by atoms with Gasteiger partial charge in [0.15, 0.2) is 5.96 Å². The second kappa shape index (κ2) is 10.9. The number of benzene rings is 1. The number of rotatable bonds is 8. The van der Waals surface area contributed by atoms with Crippen LogP contribution < -0.4 is 15.8 Å². The number of piperidine rings is 1. The van der Waals surface area contributed by atoms with Crippen LogP contribution >= 0.6 is 0 Å². The van der Waals surface area contributed by atoms with Crippen LogP contribution in [0.3, 0.4) is 0 Å². The van der Waals surface area contributed by atoms with Crippen molar-refractivity contribution < 1.29 is 17.9 Å². The first kappa shape index (κ1) is 24.3. The number of hydrogen-bond donors (Lipinski definition) is 2. The standard InChI is InChI=1S/C22H35F3N4O/c1-17-9-12-29(13-10-17)20(27-16-21(2,3)15-26)28-18-5-7-19(8-6-18)30-14-4-11-22(23,24)25/h5-8,17H,4,9-16,26H2,1-3H3,(H,27,28). The predicted molar refractivity (Wildman–Crippen MR) is 115 cm³/mol. The molecule has 0 atom stereocenters. The zero-order chi connectivity index (χ0) is 22.2. The third kappa shape index (κ3) is 8.81. The highest BCUT2D eigenvalue weighted by atomic mass is 19.4. The number of likely N-dealkylation sites (tertiary alicyclic amines) is 1. The number of ether oxygens (including phenoxy) is 1. The fourth-order valence-electron chi connectivity index (χ4n) is 3.03. The molecule has 0 aromatic heterocycles. The fraction of sp³-hybridized carbons (Fsp3) is 0.682. The van der Waals surface area contributed by atoms with Gasteiger partial charge in [-0.2, -0.15) is 13.2 Å². The van der Waals surface area contributed by atoms with E-state index < -0.39 is 12.6 Å². The molecule has 0 radical (unpaired) electrons. The Morgan fingerprint density at radius 2 is 1.83 bits per heavy atom. The summed E-state index contributed by atoms with van der Waals surface area (Å²) in [6.45, 7) is 9.73. The molecule has 0 unspecified atom stereocenters. The minimum absolute atomic E-state index is 0.0368. The Labute approximate surface area is 177 Å². The Balaban J connectivity index is 2.01. The van der Waals surface area contributed by atoms with Crippen molar-refractivity contribution in [2.75, 3.05) is 32.8 Å². The summed E-state index contributed by atoms with van der Waals surface area (Å²) in [7, 11) is 0. The van der Waals surface area contributed by atoms with Crippen LogP contribution in [0.1, 0.15) is 46.5 Å². The average molecular weight is 429 g/mol. The minimum atomic E-state index is -4.14.